The van der Waals surface area contributed by atoms with Gasteiger partial charge < -0.3 is 16.0 Å². The zero-order valence-electron chi connectivity index (χ0n) is 24.1. The molecule has 0 aliphatic carbocycles. The van der Waals surface area contributed by atoms with Crippen LogP contribution in [0.5, 0.6) is 0 Å². The van der Waals surface area contributed by atoms with Crippen LogP contribution in [0.3, 0.4) is 0 Å². The Morgan fingerprint density at radius 3 is 2.20 bits per heavy atom. The highest BCUT2D eigenvalue weighted by molar-refractivity contribution is 8.00. The van der Waals surface area contributed by atoms with Gasteiger partial charge in [0.2, 0.25) is 15.9 Å². The molecule has 4 aromatic rings. The number of nitrogens with two attached hydrogens (primary N) is 1. The van der Waals surface area contributed by atoms with Gasteiger partial charge in [0, 0.05) is 21.8 Å². The van der Waals surface area contributed by atoms with Crippen molar-refractivity contribution in [3.63, 3.8) is 0 Å². The van der Waals surface area contributed by atoms with Gasteiger partial charge in [0.05, 0.1) is 10.1 Å². The summed E-state index contributed by atoms with van der Waals surface area (Å²) in [6.07, 6.45) is 2.13. The minimum Gasteiger partial charge on any atom is -0.325 e. The Balaban J connectivity index is 1.48. The molecule has 0 spiro atoms. The molecule has 0 aliphatic rings. The van der Waals surface area contributed by atoms with Crippen LogP contribution in [0.25, 0.3) is 6.08 Å². The normalized spacial score (nSPS) is 12.2. The van der Waals surface area contributed by atoms with Gasteiger partial charge in [-0.3, -0.25) is 14.4 Å². The summed E-state index contributed by atoms with van der Waals surface area (Å²) in [7, 11) is -3.84. The molecular weight excluding hydrogens is 597 g/mol. The highest BCUT2D eigenvalue weighted by Crippen LogP contribution is 2.29. The molecule has 3 amide bonds. The first-order valence-electron chi connectivity index (χ1n) is 13.7. The smallest absolute Gasteiger partial charge is 0.272 e. The first-order chi connectivity index (χ1) is 21.0. The van der Waals surface area contributed by atoms with Gasteiger partial charge in [-0.25, -0.2) is 13.6 Å². The fourth-order valence-corrected chi connectivity index (χ4v) is 5.68. The third-order valence-electron chi connectivity index (χ3n) is 6.37. The molecule has 44 heavy (non-hydrogen) atoms. The lowest BCUT2D eigenvalue weighted by Gasteiger charge is -2.16. The summed E-state index contributed by atoms with van der Waals surface area (Å²) in [5.41, 5.74) is 3.17. The SMILES string of the molecule is CCC(Sc1cccc(NC(=O)/C(=C\c2cccc(C)c2)NC(=O)c2ccccc2)c1)C(=O)Nc1ccc(S(N)(=O)=O)cc1. The Morgan fingerprint density at radius 1 is 0.841 bits per heavy atom. The molecule has 1 atom stereocenters. The number of carbonyl (C=O) groups is 3. The number of primary sulfonamides is 1. The Kier molecular flexibility index (Phi) is 10.7. The molecule has 0 saturated heterocycles. The molecule has 9 nitrogen and oxygen atoms in total. The van der Waals surface area contributed by atoms with Crippen LogP contribution in [0.2, 0.25) is 0 Å². The first kappa shape index (κ1) is 32.2. The molecule has 0 radical (unpaired) electrons. The van der Waals surface area contributed by atoms with E-state index in [0.717, 1.165) is 16.0 Å². The summed E-state index contributed by atoms with van der Waals surface area (Å²) in [6.45, 7) is 3.82. The number of benzene rings is 4. The molecule has 0 aromatic heterocycles. The molecular formula is C33H32N4O5S2. The molecule has 0 aliphatic heterocycles. The van der Waals surface area contributed by atoms with Crippen molar-refractivity contribution in [1.29, 1.82) is 0 Å². The van der Waals surface area contributed by atoms with Crippen molar-refractivity contribution in [3.05, 3.63) is 126 Å². The number of carbonyl (C=O) groups excluding carboxylic acids is 3. The minimum absolute atomic E-state index is 0.0488. The highest BCUT2D eigenvalue weighted by atomic mass is 32.2. The van der Waals surface area contributed by atoms with Crippen molar-refractivity contribution in [2.45, 2.75) is 35.3 Å². The predicted octanol–water partition coefficient (Wildman–Crippen LogP) is 5.56. The van der Waals surface area contributed by atoms with Gasteiger partial charge in [-0.1, -0.05) is 61.0 Å². The third-order valence-corrected chi connectivity index (χ3v) is 8.65. The van der Waals surface area contributed by atoms with Crippen molar-refractivity contribution in [2.24, 2.45) is 5.14 Å². The maximum Gasteiger partial charge on any atom is 0.272 e. The lowest BCUT2D eigenvalue weighted by Crippen LogP contribution is -2.30. The van der Waals surface area contributed by atoms with Gasteiger partial charge in [0.1, 0.15) is 5.70 Å². The Morgan fingerprint density at radius 2 is 1.55 bits per heavy atom. The second kappa shape index (κ2) is 14.6. The fraction of sp³-hybridized carbons (Fsp3) is 0.121. The van der Waals surface area contributed by atoms with Crippen LogP contribution in [0.15, 0.2) is 119 Å². The Hall–Kier alpha value is -4.71. The summed E-state index contributed by atoms with van der Waals surface area (Å²) in [6, 6.07) is 28.9. The molecule has 5 N–H and O–H groups in total. The molecule has 11 heteroatoms. The molecule has 4 rings (SSSR count). The van der Waals surface area contributed by atoms with E-state index in [4.69, 9.17) is 5.14 Å². The van der Waals surface area contributed by atoms with Crippen molar-refractivity contribution in [1.82, 2.24) is 5.32 Å². The number of nitrogens with one attached hydrogen (secondary N) is 3. The Labute approximate surface area is 261 Å². The fourth-order valence-electron chi connectivity index (χ4n) is 4.15. The van der Waals surface area contributed by atoms with E-state index in [0.29, 0.717) is 23.4 Å². The van der Waals surface area contributed by atoms with Gasteiger partial charge in [0.25, 0.3) is 11.8 Å². The van der Waals surface area contributed by atoms with E-state index in [9.17, 15) is 22.8 Å². The van der Waals surface area contributed by atoms with Crippen LogP contribution >= 0.6 is 11.8 Å². The minimum atomic E-state index is -3.84. The topological polar surface area (TPSA) is 147 Å². The molecule has 1 unspecified atom stereocenters. The second-order valence-corrected chi connectivity index (χ2v) is 12.7. The summed E-state index contributed by atoms with van der Waals surface area (Å²) < 4.78 is 23.0. The van der Waals surface area contributed by atoms with E-state index in [1.807, 2.05) is 44.2 Å². The molecule has 0 heterocycles. The van der Waals surface area contributed by atoms with Gasteiger partial charge in [-0.05, 0) is 79.6 Å². The molecule has 0 saturated carbocycles. The maximum atomic E-state index is 13.4. The van der Waals surface area contributed by atoms with E-state index < -0.39 is 27.1 Å². The van der Waals surface area contributed by atoms with Gasteiger partial charge in [0.15, 0.2) is 0 Å². The monoisotopic (exact) mass is 628 g/mol. The average molecular weight is 629 g/mol. The molecule has 226 valence electrons. The van der Waals surface area contributed by atoms with Gasteiger partial charge >= 0.3 is 0 Å². The van der Waals surface area contributed by atoms with Crippen molar-refractivity contribution >= 4 is 57.0 Å². The molecule has 0 bridgehead atoms. The quantitative estimate of drug-likeness (QED) is 0.126. The van der Waals surface area contributed by atoms with E-state index in [1.54, 1.807) is 54.6 Å². The van der Waals surface area contributed by atoms with E-state index in [-0.39, 0.29) is 16.5 Å². The van der Waals surface area contributed by atoms with Crippen molar-refractivity contribution in [3.8, 4) is 0 Å². The van der Waals surface area contributed by atoms with Crippen molar-refractivity contribution in [2.75, 3.05) is 10.6 Å². The lowest BCUT2D eigenvalue weighted by molar-refractivity contribution is -0.116. The van der Waals surface area contributed by atoms with Crippen LogP contribution < -0.4 is 21.1 Å². The van der Waals surface area contributed by atoms with Gasteiger partial charge in [-0.15, -0.1) is 11.8 Å². The van der Waals surface area contributed by atoms with Crippen LogP contribution in [0, 0.1) is 6.92 Å². The van der Waals surface area contributed by atoms with E-state index in [2.05, 4.69) is 16.0 Å². The number of rotatable bonds is 11. The highest BCUT2D eigenvalue weighted by Gasteiger charge is 2.20. The van der Waals surface area contributed by atoms with Crippen LogP contribution in [-0.2, 0) is 19.6 Å². The summed E-state index contributed by atoms with van der Waals surface area (Å²) in [4.78, 5) is 40.1. The number of thioether (sulfide) groups is 1. The predicted molar refractivity (Wildman–Crippen MR) is 175 cm³/mol. The summed E-state index contributed by atoms with van der Waals surface area (Å²) >= 11 is 1.32. The maximum absolute atomic E-state index is 13.4. The zero-order valence-corrected chi connectivity index (χ0v) is 25.7. The van der Waals surface area contributed by atoms with Crippen molar-refractivity contribution < 1.29 is 22.8 Å². The van der Waals surface area contributed by atoms with Crippen LogP contribution in [0.1, 0.15) is 34.8 Å². The number of anilines is 2. The first-order valence-corrected chi connectivity index (χ1v) is 16.1. The van der Waals surface area contributed by atoms with E-state index >= 15 is 0 Å². The second-order valence-electron chi connectivity index (χ2n) is 9.85. The third kappa shape index (κ3) is 9.14. The number of hydrogen-bond donors (Lipinski definition) is 4. The summed E-state index contributed by atoms with van der Waals surface area (Å²) in [5, 5.41) is 13.1. The van der Waals surface area contributed by atoms with Gasteiger partial charge in [-0.2, -0.15) is 0 Å². The standard InChI is InChI=1S/C33H32N4O5S2/c1-3-30(33(40)35-25-15-17-28(18-16-25)44(34,41)42)43-27-14-8-13-26(21-27)36-32(39)29(20-23-10-7-9-22(2)19-23)37-31(38)24-11-5-4-6-12-24/h4-21,30H,3H2,1-2H3,(H,35,40)(H,36,39)(H,37,38)(H2,34,41,42)/b29-20+. The zero-order chi connectivity index (χ0) is 31.7. The van der Waals surface area contributed by atoms with Crippen LogP contribution in [0.4, 0.5) is 11.4 Å². The summed E-state index contributed by atoms with van der Waals surface area (Å²) in [5.74, 6) is -1.19. The number of amides is 3. The Bertz CT molecular complexity index is 1790. The largest absolute Gasteiger partial charge is 0.325 e. The lowest BCUT2D eigenvalue weighted by atomic mass is 10.1. The molecule has 4 aromatic carbocycles. The number of aryl methyl sites for hydroxylation is 1. The van der Waals surface area contributed by atoms with Crippen LogP contribution in [-0.4, -0.2) is 31.4 Å². The number of sulfonamides is 1. The molecule has 0 fully saturated rings. The number of hydrogen-bond acceptors (Lipinski definition) is 6. The average Bonchev–Trinajstić information content (AvgIpc) is 3.00. The van der Waals surface area contributed by atoms with E-state index in [1.165, 1.54) is 36.0 Å².